The molecule has 3 aromatic rings. The number of hydrogen-bond donors (Lipinski definition) is 0. The van der Waals surface area contributed by atoms with E-state index in [9.17, 15) is 13.2 Å². The van der Waals surface area contributed by atoms with E-state index in [4.69, 9.17) is 4.99 Å². The van der Waals surface area contributed by atoms with Crippen LogP contribution >= 0.6 is 11.8 Å². The minimum absolute atomic E-state index is 0.152. The first-order valence-electron chi connectivity index (χ1n) is 11.5. The van der Waals surface area contributed by atoms with Crippen LogP contribution in [-0.4, -0.2) is 10.1 Å². The number of amidine groups is 1. The van der Waals surface area contributed by atoms with E-state index in [1.54, 1.807) is 24.3 Å². The highest BCUT2D eigenvalue weighted by Gasteiger charge is 2.40. The zero-order valence-electron chi connectivity index (χ0n) is 18.7. The molecular formula is C29H21F3N2S. The third-order valence-electron chi connectivity index (χ3n) is 6.57. The maximum absolute atomic E-state index is 13.8. The summed E-state index contributed by atoms with van der Waals surface area (Å²) in [5.41, 5.74) is 7.01. The van der Waals surface area contributed by atoms with Gasteiger partial charge < -0.3 is 4.90 Å². The van der Waals surface area contributed by atoms with Gasteiger partial charge in [-0.15, -0.1) is 0 Å². The highest BCUT2D eigenvalue weighted by Crippen LogP contribution is 2.51. The molecule has 0 saturated heterocycles. The second-order valence-corrected chi connectivity index (χ2v) is 9.63. The van der Waals surface area contributed by atoms with Gasteiger partial charge in [-0.25, -0.2) is 18.2 Å². The highest BCUT2D eigenvalue weighted by atomic mass is 32.2. The molecule has 0 radical (unpaired) electrons. The van der Waals surface area contributed by atoms with Crippen LogP contribution in [0.5, 0.6) is 0 Å². The second kappa shape index (κ2) is 8.93. The van der Waals surface area contributed by atoms with E-state index >= 15 is 0 Å². The Balaban J connectivity index is 1.48. The predicted octanol–water partition coefficient (Wildman–Crippen LogP) is 8.08. The smallest absolute Gasteiger partial charge is 0.174 e. The quantitative estimate of drug-likeness (QED) is 0.372. The number of thioether (sulfide) groups is 1. The Morgan fingerprint density at radius 1 is 0.800 bits per heavy atom. The normalized spacial score (nSPS) is 20.5. The molecule has 0 spiro atoms. The van der Waals surface area contributed by atoms with Gasteiger partial charge in [0, 0.05) is 5.41 Å². The van der Waals surface area contributed by atoms with Crippen LogP contribution in [0.25, 0.3) is 11.8 Å². The largest absolute Gasteiger partial charge is 0.308 e. The number of hydrogen-bond acceptors (Lipinski definition) is 3. The van der Waals surface area contributed by atoms with E-state index in [2.05, 4.69) is 11.0 Å². The topological polar surface area (TPSA) is 15.6 Å². The Kier molecular flexibility index (Phi) is 5.61. The number of allylic oxidation sites excluding steroid dienone is 1. The van der Waals surface area contributed by atoms with Gasteiger partial charge in [-0.2, -0.15) is 0 Å². The van der Waals surface area contributed by atoms with Crippen molar-refractivity contribution in [2.75, 3.05) is 0 Å². The molecule has 2 aliphatic heterocycles. The fourth-order valence-corrected chi connectivity index (χ4v) is 5.88. The molecule has 0 saturated carbocycles. The molecule has 0 fully saturated rings. The summed E-state index contributed by atoms with van der Waals surface area (Å²) in [6, 6.07) is 19.4. The molecule has 0 aromatic heterocycles. The van der Waals surface area contributed by atoms with Gasteiger partial charge in [0.1, 0.15) is 17.5 Å². The van der Waals surface area contributed by atoms with Gasteiger partial charge in [0.15, 0.2) is 5.17 Å². The molecule has 2 heterocycles. The Bertz CT molecular complexity index is 1400. The first-order chi connectivity index (χ1) is 17.1. The summed E-state index contributed by atoms with van der Waals surface area (Å²) in [6.07, 6.45) is 4.80. The number of fused-ring (bicyclic) bond motifs is 1. The molecule has 0 N–H and O–H groups in total. The van der Waals surface area contributed by atoms with Crippen molar-refractivity contribution in [3.05, 3.63) is 129 Å². The zero-order chi connectivity index (χ0) is 23.9. The fourth-order valence-electron chi connectivity index (χ4n) is 4.95. The van der Waals surface area contributed by atoms with E-state index in [1.165, 1.54) is 53.7 Å². The Morgan fingerprint density at radius 3 is 2.11 bits per heavy atom. The number of rotatable bonds is 3. The van der Waals surface area contributed by atoms with Crippen molar-refractivity contribution in [1.82, 2.24) is 4.90 Å². The van der Waals surface area contributed by atoms with E-state index in [0.717, 1.165) is 58.1 Å². The number of aliphatic imine (C=N–C) groups is 1. The van der Waals surface area contributed by atoms with Crippen molar-refractivity contribution in [3.63, 3.8) is 0 Å². The molecule has 6 rings (SSSR count). The summed E-state index contributed by atoms with van der Waals surface area (Å²) in [6.45, 7) is 0. The van der Waals surface area contributed by atoms with Gasteiger partial charge in [-0.1, -0.05) is 36.0 Å². The second-order valence-electron chi connectivity index (χ2n) is 8.79. The van der Waals surface area contributed by atoms with Gasteiger partial charge >= 0.3 is 0 Å². The number of halogens is 3. The van der Waals surface area contributed by atoms with Crippen LogP contribution in [0.15, 0.2) is 100 Å². The van der Waals surface area contributed by atoms with Gasteiger partial charge in [-0.05, 0) is 102 Å². The lowest BCUT2D eigenvalue weighted by atomic mass is 9.82. The molecule has 3 aromatic carbocycles. The standard InChI is InChI=1S/C29H21F3N2S/c30-22-10-4-18(5-11-22)16-21-2-1-3-25-27(21)33-29-34(28(25)20-8-14-24(32)15-9-20)26(17-35-29)19-6-12-23(31)13-7-19/h4-17,28H,1-3H2/b21-16+/t28-/m0/s1. The third-order valence-corrected chi connectivity index (χ3v) is 7.41. The van der Waals surface area contributed by atoms with Gasteiger partial charge in [0.05, 0.1) is 17.4 Å². The summed E-state index contributed by atoms with van der Waals surface area (Å²) in [5, 5.41) is 2.88. The monoisotopic (exact) mass is 486 g/mol. The molecule has 1 atom stereocenters. The maximum Gasteiger partial charge on any atom is 0.174 e. The van der Waals surface area contributed by atoms with Crippen LogP contribution in [0.2, 0.25) is 0 Å². The SMILES string of the molecule is Fc1ccc(/C=C2\CCCC3=C2N=C2SC=C(c4ccc(F)cc4)N2[C@H]3c2ccc(F)cc2)cc1. The molecule has 0 amide bonds. The van der Waals surface area contributed by atoms with Crippen molar-refractivity contribution in [3.8, 4) is 0 Å². The van der Waals surface area contributed by atoms with Crippen molar-refractivity contribution in [1.29, 1.82) is 0 Å². The zero-order valence-corrected chi connectivity index (χ0v) is 19.5. The van der Waals surface area contributed by atoms with Crippen LogP contribution in [0.4, 0.5) is 13.2 Å². The third kappa shape index (κ3) is 4.12. The minimum Gasteiger partial charge on any atom is -0.308 e. The number of nitrogens with zero attached hydrogens (tertiary/aromatic N) is 2. The average Bonchev–Trinajstić information content (AvgIpc) is 3.29. The lowest BCUT2D eigenvalue weighted by Gasteiger charge is -2.40. The minimum atomic E-state index is -0.282. The molecule has 0 bridgehead atoms. The molecular weight excluding hydrogens is 465 g/mol. The van der Waals surface area contributed by atoms with Crippen LogP contribution in [0, 0.1) is 17.5 Å². The molecule has 174 valence electrons. The summed E-state index contributed by atoms with van der Waals surface area (Å²) < 4.78 is 40.9. The molecule has 3 aliphatic rings. The maximum atomic E-state index is 13.8. The van der Waals surface area contributed by atoms with E-state index in [-0.39, 0.29) is 23.5 Å². The van der Waals surface area contributed by atoms with Crippen LogP contribution in [0.3, 0.4) is 0 Å². The summed E-state index contributed by atoms with van der Waals surface area (Å²) in [7, 11) is 0. The fraction of sp³-hybridized carbons (Fsp3) is 0.138. The van der Waals surface area contributed by atoms with Crippen LogP contribution in [-0.2, 0) is 0 Å². The highest BCUT2D eigenvalue weighted by molar-refractivity contribution is 8.16. The number of benzene rings is 3. The van der Waals surface area contributed by atoms with Crippen LogP contribution < -0.4 is 0 Å². The first-order valence-corrected chi connectivity index (χ1v) is 12.4. The van der Waals surface area contributed by atoms with E-state index in [0.29, 0.717) is 0 Å². The molecule has 35 heavy (non-hydrogen) atoms. The van der Waals surface area contributed by atoms with Crippen molar-refractivity contribution in [2.24, 2.45) is 4.99 Å². The molecule has 6 heteroatoms. The molecule has 0 unspecified atom stereocenters. The van der Waals surface area contributed by atoms with Crippen molar-refractivity contribution in [2.45, 2.75) is 25.3 Å². The van der Waals surface area contributed by atoms with Gasteiger partial charge in [-0.3, -0.25) is 0 Å². The molecule has 2 nitrogen and oxygen atoms in total. The summed E-state index contributed by atoms with van der Waals surface area (Å²) >= 11 is 1.54. The lowest BCUT2D eigenvalue weighted by molar-refractivity contribution is 0.457. The van der Waals surface area contributed by atoms with Crippen molar-refractivity contribution < 1.29 is 13.2 Å². The Hall–Kier alpha value is -3.51. The Labute approximate surface area is 206 Å². The van der Waals surface area contributed by atoms with E-state index < -0.39 is 0 Å². The van der Waals surface area contributed by atoms with Gasteiger partial charge in [0.25, 0.3) is 0 Å². The average molecular weight is 487 g/mol. The van der Waals surface area contributed by atoms with Gasteiger partial charge in [0.2, 0.25) is 0 Å². The van der Waals surface area contributed by atoms with E-state index in [1.807, 2.05) is 17.5 Å². The first kappa shape index (κ1) is 22.0. The van der Waals surface area contributed by atoms with Crippen molar-refractivity contribution >= 4 is 28.7 Å². The Morgan fingerprint density at radius 2 is 1.43 bits per heavy atom. The summed E-state index contributed by atoms with van der Waals surface area (Å²) in [4.78, 5) is 7.28. The predicted molar refractivity (Wildman–Crippen MR) is 136 cm³/mol. The summed E-state index contributed by atoms with van der Waals surface area (Å²) in [5.74, 6) is -0.823. The molecule has 1 aliphatic carbocycles. The van der Waals surface area contributed by atoms with Crippen LogP contribution in [0.1, 0.15) is 42.0 Å². The lowest BCUT2D eigenvalue weighted by Crippen LogP contribution is -2.34.